The zero-order chi connectivity index (χ0) is 26.3. The van der Waals surface area contributed by atoms with Crippen molar-refractivity contribution in [3.8, 4) is 5.75 Å². The van der Waals surface area contributed by atoms with E-state index < -0.39 is 15.9 Å². The van der Waals surface area contributed by atoms with Crippen molar-refractivity contribution in [2.75, 3.05) is 4.72 Å². The number of halogens is 2. The van der Waals surface area contributed by atoms with Gasteiger partial charge in [-0.2, -0.15) is 5.10 Å². The third-order valence-corrected chi connectivity index (χ3v) is 6.98. The molecular weight excluding hydrogens is 533 g/mol. The Morgan fingerprint density at radius 3 is 2.19 bits per heavy atom. The lowest BCUT2D eigenvalue weighted by Crippen LogP contribution is -2.18. The van der Waals surface area contributed by atoms with Crippen molar-refractivity contribution < 1.29 is 17.9 Å². The zero-order valence-corrected chi connectivity index (χ0v) is 21.6. The van der Waals surface area contributed by atoms with E-state index in [2.05, 4.69) is 15.2 Å². The minimum atomic E-state index is -3.78. The Morgan fingerprint density at radius 2 is 1.51 bits per heavy atom. The van der Waals surface area contributed by atoms with Gasteiger partial charge in [0.1, 0.15) is 12.4 Å². The highest BCUT2D eigenvalue weighted by Crippen LogP contribution is 2.19. The van der Waals surface area contributed by atoms with E-state index in [9.17, 15) is 13.2 Å². The Morgan fingerprint density at radius 1 is 0.865 bits per heavy atom. The number of ether oxygens (including phenoxy) is 1. The third-order valence-electron chi connectivity index (χ3n) is 5.08. The first-order valence-electron chi connectivity index (χ1n) is 11.0. The molecule has 2 N–H and O–H groups in total. The molecule has 7 nitrogen and oxygen atoms in total. The second kappa shape index (κ2) is 11.9. The van der Waals surface area contributed by atoms with Crippen LogP contribution in [0.4, 0.5) is 5.69 Å². The van der Waals surface area contributed by atoms with Crippen LogP contribution in [0.2, 0.25) is 10.0 Å². The lowest BCUT2D eigenvalue weighted by Gasteiger charge is -2.09. The maximum atomic E-state index is 12.5. The van der Waals surface area contributed by atoms with Gasteiger partial charge in [-0.3, -0.25) is 9.52 Å². The van der Waals surface area contributed by atoms with Crippen LogP contribution in [0.1, 0.15) is 21.5 Å². The Kier molecular flexibility index (Phi) is 8.45. The Balaban J connectivity index is 1.31. The van der Waals surface area contributed by atoms with Crippen molar-refractivity contribution in [2.45, 2.75) is 11.5 Å². The van der Waals surface area contributed by atoms with Gasteiger partial charge < -0.3 is 4.74 Å². The molecule has 4 aromatic rings. The van der Waals surface area contributed by atoms with E-state index in [4.69, 9.17) is 27.9 Å². The number of carbonyl (C=O) groups is 1. The highest BCUT2D eigenvalue weighted by molar-refractivity contribution is 7.92. The fourth-order valence-electron chi connectivity index (χ4n) is 3.18. The smallest absolute Gasteiger partial charge is 0.271 e. The van der Waals surface area contributed by atoms with Crippen LogP contribution >= 0.6 is 23.2 Å². The largest absolute Gasteiger partial charge is 0.489 e. The monoisotopic (exact) mass is 553 g/mol. The summed E-state index contributed by atoms with van der Waals surface area (Å²) in [5.41, 5.74) is 4.80. The maximum Gasteiger partial charge on any atom is 0.271 e. The Bertz CT molecular complexity index is 1510. The van der Waals surface area contributed by atoms with E-state index in [1.54, 1.807) is 18.2 Å². The summed E-state index contributed by atoms with van der Waals surface area (Å²) in [4.78, 5) is 12.5. The number of anilines is 1. The molecule has 1 amide bonds. The molecule has 188 valence electrons. The van der Waals surface area contributed by atoms with Crippen LogP contribution in [0, 0.1) is 0 Å². The summed E-state index contributed by atoms with van der Waals surface area (Å²) in [6.45, 7) is 0.389. The van der Waals surface area contributed by atoms with Crippen LogP contribution in [-0.2, 0) is 16.6 Å². The van der Waals surface area contributed by atoms with E-state index in [0.717, 1.165) is 11.1 Å². The summed E-state index contributed by atoms with van der Waals surface area (Å²) in [5.74, 6) is 0.209. The van der Waals surface area contributed by atoms with Crippen LogP contribution in [0.25, 0.3) is 0 Å². The van der Waals surface area contributed by atoms with E-state index in [1.807, 2.05) is 30.3 Å². The first kappa shape index (κ1) is 26.2. The van der Waals surface area contributed by atoms with Gasteiger partial charge >= 0.3 is 0 Å². The molecule has 0 aliphatic heterocycles. The lowest BCUT2D eigenvalue weighted by atomic mass is 10.2. The number of carbonyl (C=O) groups excluding carboxylic acids is 1. The van der Waals surface area contributed by atoms with E-state index in [0.29, 0.717) is 33.7 Å². The maximum absolute atomic E-state index is 12.5. The van der Waals surface area contributed by atoms with Crippen LogP contribution in [-0.4, -0.2) is 20.5 Å². The second-order valence-electron chi connectivity index (χ2n) is 7.82. The highest BCUT2D eigenvalue weighted by atomic mass is 35.5. The van der Waals surface area contributed by atoms with Crippen LogP contribution in [0.5, 0.6) is 5.75 Å². The zero-order valence-electron chi connectivity index (χ0n) is 19.3. The van der Waals surface area contributed by atoms with Gasteiger partial charge in [-0.15, -0.1) is 0 Å². The molecule has 0 radical (unpaired) electrons. The summed E-state index contributed by atoms with van der Waals surface area (Å²) in [6, 6.07) is 26.5. The molecule has 0 bridgehead atoms. The SMILES string of the molecule is O=C(NN=Cc1cccc(OCc2ccc(Cl)cc2)c1)c1ccc(NS(=O)(=O)c2ccc(Cl)cc2)cc1. The molecule has 0 atom stereocenters. The number of hydrogen-bond donors (Lipinski definition) is 2. The van der Waals surface area contributed by atoms with Crippen LogP contribution in [0.15, 0.2) is 107 Å². The first-order chi connectivity index (χ1) is 17.8. The van der Waals surface area contributed by atoms with Crippen molar-refractivity contribution >= 4 is 51.0 Å². The van der Waals surface area contributed by atoms with Crippen LogP contribution in [0.3, 0.4) is 0 Å². The molecular formula is C27H21Cl2N3O4S. The Labute approximate surface area is 224 Å². The fraction of sp³-hybridized carbons (Fsp3) is 0.0370. The van der Waals surface area contributed by atoms with Crippen molar-refractivity contribution in [1.29, 1.82) is 0 Å². The second-order valence-corrected chi connectivity index (χ2v) is 10.4. The number of benzene rings is 4. The average Bonchev–Trinajstić information content (AvgIpc) is 2.89. The predicted molar refractivity (Wildman–Crippen MR) is 146 cm³/mol. The number of nitrogens with zero attached hydrogens (tertiary/aromatic N) is 1. The normalized spacial score (nSPS) is 11.3. The van der Waals surface area contributed by atoms with Gasteiger partial charge in [-0.1, -0.05) is 47.5 Å². The Hall–Kier alpha value is -3.85. The topological polar surface area (TPSA) is 96.9 Å². The van der Waals surface area contributed by atoms with Gasteiger partial charge in [0.05, 0.1) is 11.1 Å². The number of hydrogen-bond acceptors (Lipinski definition) is 5. The lowest BCUT2D eigenvalue weighted by molar-refractivity contribution is 0.0955. The minimum absolute atomic E-state index is 0.0764. The van der Waals surface area contributed by atoms with E-state index >= 15 is 0 Å². The van der Waals surface area contributed by atoms with Gasteiger partial charge in [-0.05, 0) is 83.9 Å². The highest BCUT2D eigenvalue weighted by Gasteiger charge is 2.14. The number of hydrazone groups is 1. The molecule has 0 aliphatic carbocycles. The molecule has 10 heteroatoms. The molecule has 0 spiro atoms. The summed E-state index contributed by atoms with van der Waals surface area (Å²) >= 11 is 11.7. The summed E-state index contributed by atoms with van der Waals surface area (Å²) < 4.78 is 33.2. The molecule has 0 saturated heterocycles. The molecule has 4 rings (SSSR count). The van der Waals surface area contributed by atoms with E-state index in [-0.39, 0.29) is 4.90 Å². The van der Waals surface area contributed by atoms with Gasteiger partial charge in [0.2, 0.25) is 0 Å². The predicted octanol–water partition coefficient (Wildman–Crippen LogP) is 6.14. The molecule has 0 unspecified atom stereocenters. The molecule has 4 aromatic carbocycles. The average molecular weight is 554 g/mol. The van der Waals surface area contributed by atoms with Crippen molar-refractivity contribution in [1.82, 2.24) is 5.43 Å². The third kappa shape index (κ3) is 7.57. The summed E-state index contributed by atoms with van der Waals surface area (Å²) in [6.07, 6.45) is 1.50. The number of nitrogens with one attached hydrogen (secondary N) is 2. The first-order valence-corrected chi connectivity index (χ1v) is 13.2. The van der Waals surface area contributed by atoms with Crippen molar-refractivity contribution in [3.63, 3.8) is 0 Å². The van der Waals surface area contributed by atoms with Gasteiger partial charge in [0.25, 0.3) is 15.9 Å². The van der Waals surface area contributed by atoms with Crippen molar-refractivity contribution in [2.24, 2.45) is 5.10 Å². The quantitative estimate of drug-likeness (QED) is 0.192. The van der Waals surface area contributed by atoms with E-state index in [1.165, 1.54) is 54.7 Å². The van der Waals surface area contributed by atoms with Crippen molar-refractivity contribution in [3.05, 3.63) is 124 Å². The number of rotatable bonds is 9. The van der Waals surface area contributed by atoms with Crippen LogP contribution < -0.4 is 14.9 Å². The van der Waals surface area contributed by atoms with Gasteiger partial charge in [-0.25, -0.2) is 13.8 Å². The van der Waals surface area contributed by atoms with Gasteiger partial charge in [0.15, 0.2) is 0 Å². The van der Waals surface area contributed by atoms with Gasteiger partial charge in [0, 0.05) is 21.3 Å². The number of amides is 1. The molecule has 0 fully saturated rings. The number of sulfonamides is 1. The summed E-state index contributed by atoms with van der Waals surface area (Å²) in [5, 5.41) is 5.10. The standard InChI is InChI=1S/C27H21Cl2N3O4S/c28-22-8-4-19(5-9-22)18-36-25-3-1-2-20(16-25)17-30-31-27(33)21-6-12-24(13-7-21)32-37(34,35)26-14-10-23(29)11-15-26/h1-17,32H,18H2,(H,31,33). The molecule has 0 aromatic heterocycles. The molecule has 37 heavy (non-hydrogen) atoms. The summed E-state index contributed by atoms with van der Waals surface area (Å²) in [7, 11) is -3.78. The molecule has 0 aliphatic rings. The minimum Gasteiger partial charge on any atom is -0.489 e. The fourth-order valence-corrected chi connectivity index (χ4v) is 4.49. The molecule has 0 heterocycles. The molecule has 0 saturated carbocycles.